The van der Waals surface area contributed by atoms with Gasteiger partial charge in [0.15, 0.2) is 0 Å². The van der Waals surface area contributed by atoms with Gasteiger partial charge < -0.3 is 15.3 Å². The third kappa shape index (κ3) is 7.17. The number of amides is 1. The number of nitrogens with one attached hydrogen (secondary N) is 1. The van der Waals surface area contributed by atoms with Gasteiger partial charge in [0.2, 0.25) is 5.91 Å². The largest absolute Gasteiger partial charge is 0.481 e. The molecule has 0 bridgehead atoms. The second kappa shape index (κ2) is 11.1. The molecule has 0 radical (unpaired) electrons. The summed E-state index contributed by atoms with van der Waals surface area (Å²) in [4.78, 5) is 33.8. The highest BCUT2D eigenvalue weighted by molar-refractivity contribution is 6.31. The molecule has 9 heteroatoms. The van der Waals surface area contributed by atoms with E-state index in [0.717, 1.165) is 12.0 Å². The van der Waals surface area contributed by atoms with Gasteiger partial charge in [-0.05, 0) is 42.2 Å². The van der Waals surface area contributed by atoms with Gasteiger partial charge in [0.1, 0.15) is 16.8 Å². The van der Waals surface area contributed by atoms with Crippen molar-refractivity contribution in [2.45, 2.75) is 19.3 Å². The standard InChI is InChI=1S/C24H24Cl2N4O3/c1-30(2)24-19(14-22(32)33)23(26)28-20(29-24)13-16-5-10-18(11-6-16)27-21(31)12-7-15-3-8-17(25)9-4-15/h3,5-12,15H,4,13-14H2,1-2H3,(H,27,31)(H,32,33)/b12-7+. The van der Waals surface area contributed by atoms with Crippen molar-refractivity contribution in [1.82, 2.24) is 9.97 Å². The number of carboxylic acids is 1. The summed E-state index contributed by atoms with van der Waals surface area (Å²) in [5, 5.41) is 12.8. The minimum Gasteiger partial charge on any atom is -0.481 e. The average Bonchev–Trinajstić information content (AvgIpc) is 2.76. The predicted octanol–water partition coefficient (Wildman–Crippen LogP) is 4.61. The monoisotopic (exact) mass is 486 g/mol. The number of hydrogen-bond acceptors (Lipinski definition) is 5. The van der Waals surface area contributed by atoms with Crippen molar-refractivity contribution in [3.63, 3.8) is 0 Å². The Kier molecular flexibility index (Phi) is 8.25. The Bertz CT molecular complexity index is 1130. The Labute approximate surface area is 202 Å². The normalized spacial score (nSPS) is 15.4. The fourth-order valence-corrected chi connectivity index (χ4v) is 3.69. The number of anilines is 2. The number of aromatic nitrogens is 2. The first-order valence-electron chi connectivity index (χ1n) is 10.3. The molecule has 3 rings (SSSR count). The summed E-state index contributed by atoms with van der Waals surface area (Å²) in [6, 6.07) is 7.34. The van der Waals surface area contributed by atoms with E-state index >= 15 is 0 Å². The molecule has 1 aliphatic rings. The van der Waals surface area contributed by atoms with Gasteiger partial charge in [0.05, 0.1) is 6.42 Å². The highest BCUT2D eigenvalue weighted by Crippen LogP contribution is 2.25. The molecule has 7 nitrogen and oxygen atoms in total. The van der Waals surface area contributed by atoms with E-state index in [4.69, 9.17) is 28.3 Å². The fraction of sp³-hybridized carbons (Fsp3) is 0.250. The number of nitrogens with zero attached hydrogens (tertiary/aromatic N) is 3. The molecule has 0 spiro atoms. The molecule has 0 fully saturated rings. The zero-order valence-electron chi connectivity index (χ0n) is 18.3. The van der Waals surface area contributed by atoms with E-state index in [9.17, 15) is 9.59 Å². The number of halogens is 2. The highest BCUT2D eigenvalue weighted by Gasteiger charge is 2.17. The number of rotatable bonds is 8. The van der Waals surface area contributed by atoms with Crippen molar-refractivity contribution >= 4 is 46.6 Å². The molecule has 172 valence electrons. The van der Waals surface area contributed by atoms with Crippen LogP contribution in [0.15, 0.2) is 59.7 Å². The Balaban J connectivity index is 1.64. The third-order valence-electron chi connectivity index (χ3n) is 4.90. The van der Waals surface area contributed by atoms with Crippen LogP contribution in [0.1, 0.15) is 23.4 Å². The van der Waals surface area contributed by atoms with Crippen molar-refractivity contribution in [3.05, 3.63) is 81.8 Å². The molecule has 1 atom stereocenters. The van der Waals surface area contributed by atoms with E-state index < -0.39 is 5.97 Å². The molecular weight excluding hydrogens is 463 g/mol. The van der Waals surface area contributed by atoms with Gasteiger partial charge in [0, 0.05) is 36.8 Å². The average molecular weight is 487 g/mol. The minimum absolute atomic E-state index is 0.132. The lowest BCUT2D eigenvalue weighted by Gasteiger charge is -2.17. The summed E-state index contributed by atoms with van der Waals surface area (Å²) < 4.78 is 0. The van der Waals surface area contributed by atoms with Gasteiger partial charge in [-0.3, -0.25) is 9.59 Å². The predicted molar refractivity (Wildman–Crippen MR) is 131 cm³/mol. The summed E-state index contributed by atoms with van der Waals surface area (Å²) >= 11 is 12.2. The number of hydrogen-bond donors (Lipinski definition) is 2. The van der Waals surface area contributed by atoms with Gasteiger partial charge in [-0.2, -0.15) is 0 Å². The van der Waals surface area contributed by atoms with Crippen LogP contribution in [0, 0.1) is 5.92 Å². The molecule has 0 saturated heterocycles. The lowest BCUT2D eigenvalue weighted by Crippen LogP contribution is -2.18. The molecule has 33 heavy (non-hydrogen) atoms. The summed E-state index contributed by atoms with van der Waals surface area (Å²) in [6.07, 6.45) is 10.0. The molecular formula is C24H24Cl2N4O3. The lowest BCUT2D eigenvalue weighted by molar-refractivity contribution is -0.136. The van der Waals surface area contributed by atoms with Crippen LogP contribution in [0.3, 0.4) is 0 Å². The lowest BCUT2D eigenvalue weighted by atomic mass is 10.0. The van der Waals surface area contributed by atoms with E-state index in [1.807, 2.05) is 36.4 Å². The van der Waals surface area contributed by atoms with E-state index in [1.54, 1.807) is 31.1 Å². The van der Waals surface area contributed by atoms with Gasteiger partial charge in [0.25, 0.3) is 0 Å². The molecule has 0 aliphatic heterocycles. The second-order valence-electron chi connectivity index (χ2n) is 7.77. The third-order valence-corrected chi connectivity index (χ3v) is 5.49. The first-order valence-corrected chi connectivity index (χ1v) is 11.0. The van der Waals surface area contributed by atoms with Crippen molar-refractivity contribution in [2.24, 2.45) is 5.92 Å². The van der Waals surface area contributed by atoms with Crippen LogP contribution in [0.2, 0.25) is 5.15 Å². The molecule has 1 unspecified atom stereocenters. The van der Waals surface area contributed by atoms with E-state index in [2.05, 4.69) is 15.3 Å². The second-order valence-corrected chi connectivity index (χ2v) is 8.56. The zero-order valence-corrected chi connectivity index (χ0v) is 19.8. The van der Waals surface area contributed by atoms with Crippen LogP contribution < -0.4 is 10.2 Å². The summed E-state index contributed by atoms with van der Waals surface area (Å²) in [5.41, 5.74) is 1.97. The quantitative estimate of drug-likeness (QED) is 0.417. The van der Waals surface area contributed by atoms with E-state index in [-0.39, 0.29) is 23.4 Å². The molecule has 1 aromatic heterocycles. The van der Waals surface area contributed by atoms with E-state index in [0.29, 0.717) is 34.3 Å². The zero-order chi connectivity index (χ0) is 24.0. The molecule has 1 amide bonds. The van der Waals surface area contributed by atoms with Crippen LogP contribution in [0.4, 0.5) is 11.5 Å². The number of benzene rings is 1. The van der Waals surface area contributed by atoms with Gasteiger partial charge in [-0.25, -0.2) is 9.97 Å². The number of carbonyl (C=O) groups excluding carboxylic acids is 1. The number of allylic oxidation sites excluding steroid dienone is 5. The highest BCUT2D eigenvalue weighted by atomic mass is 35.5. The maximum atomic E-state index is 12.2. The van der Waals surface area contributed by atoms with Crippen LogP contribution in [0.5, 0.6) is 0 Å². The molecule has 2 aromatic rings. The Hall–Kier alpha value is -3.16. The van der Waals surface area contributed by atoms with E-state index in [1.165, 1.54) is 6.08 Å². The Morgan fingerprint density at radius 2 is 1.94 bits per heavy atom. The first-order chi connectivity index (χ1) is 15.7. The van der Waals surface area contributed by atoms with Gasteiger partial charge in [-0.1, -0.05) is 53.6 Å². The Morgan fingerprint density at radius 3 is 2.55 bits per heavy atom. The molecule has 1 heterocycles. The van der Waals surface area contributed by atoms with Crippen LogP contribution in [-0.2, 0) is 22.4 Å². The first kappa shape index (κ1) is 24.5. The van der Waals surface area contributed by atoms with Crippen LogP contribution in [0.25, 0.3) is 0 Å². The maximum absolute atomic E-state index is 12.2. The molecule has 0 saturated carbocycles. The molecule has 1 aromatic carbocycles. The summed E-state index contributed by atoms with van der Waals surface area (Å²) in [6.45, 7) is 0. The van der Waals surface area contributed by atoms with Crippen molar-refractivity contribution in [2.75, 3.05) is 24.3 Å². The van der Waals surface area contributed by atoms with Crippen molar-refractivity contribution < 1.29 is 14.7 Å². The SMILES string of the molecule is CN(C)c1nc(Cc2ccc(NC(=O)/C=C/C3C=CC(Cl)=CC3)cc2)nc(Cl)c1CC(=O)O. The summed E-state index contributed by atoms with van der Waals surface area (Å²) in [7, 11) is 3.55. The fourth-order valence-electron chi connectivity index (χ4n) is 3.28. The maximum Gasteiger partial charge on any atom is 0.308 e. The van der Waals surface area contributed by atoms with Crippen molar-refractivity contribution in [3.8, 4) is 0 Å². The number of aliphatic carboxylic acids is 1. The smallest absolute Gasteiger partial charge is 0.308 e. The van der Waals surface area contributed by atoms with Crippen molar-refractivity contribution in [1.29, 1.82) is 0 Å². The van der Waals surface area contributed by atoms with Gasteiger partial charge >= 0.3 is 5.97 Å². The summed E-state index contributed by atoms with van der Waals surface area (Å²) in [5.74, 6) is -0.0980. The molecule has 1 aliphatic carbocycles. The molecule has 2 N–H and O–H groups in total. The minimum atomic E-state index is -1.000. The van der Waals surface area contributed by atoms with Crippen LogP contribution in [-0.4, -0.2) is 41.0 Å². The van der Waals surface area contributed by atoms with Crippen LogP contribution >= 0.6 is 23.2 Å². The number of carboxylic acid groups (broad SMARTS) is 1. The van der Waals surface area contributed by atoms with Gasteiger partial charge in [-0.15, -0.1) is 0 Å². The topological polar surface area (TPSA) is 95.4 Å². The Morgan fingerprint density at radius 1 is 1.21 bits per heavy atom. The number of carbonyl (C=O) groups is 2.